The smallest absolute Gasteiger partial charge is 0.134 e. The number of hydrogen-bond donors (Lipinski definition) is 0. The van der Waals surface area contributed by atoms with Crippen LogP contribution >= 0.6 is 23.5 Å². The second kappa shape index (κ2) is 6.12. The van der Waals surface area contributed by atoms with Crippen molar-refractivity contribution >= 4 is 23.5 Å². The van der Waals surface area contributed by atoms with Gasteiger partial charge in [0, 0.05) is 0 Å². The van der Waals surface area contributed by atoms with Crippen molar-refractivity contribution in [2.75, 3.05) is 18.6 Å². The lowest BCUT2D eigenvalue weighted by Gasteiger charge is -2.15. The van der Waals surface area contributed by atoms with E-state index in [1.165, 1.54) is 17.9 Å². The first-order valence-electron chi connectivity index (χ1n) is 5.28. The van der Waals surface area contributed by atoms with Gasteiger partial charge in [0.15, 0.2) is 0 Å². The van der Waals surface area contributed by atoms with Crippen LogP contribution in [0.25, 0.3) is 0 Å². The third-order valence-corrected chi connectivity index (χ3v) is 4.97. The Bertz CT molecular complexity index is 400. The van der Waals surface area contributed by atoms with Crippen LogP contribution in [0.3, 0.4) is 0 Å². The van der Waals surface area contributed by atoms with Crippen LogP contribution in [0.5, 0.6) is 5.75 Å². The Morgan fingerprint density at radius 2 is 2.00 bits per heavy atom. The Morgan fingerprint density at radius 1 is 1.25 bits per heavy atom. The van der Waals surface area contributed by atoms with E-state index in [0.29, 0.717) is 4.58 Å². The van der Waals surface area contributed by atoms with Gasteiger partial charge in [0.1, 0.15) is 10.3 Å². The Balaban J connectivity index is 2.10. The monoisotopic (exact) mass is 250 g/mol. The fraction of sp³-hybridized carbons (Fsp3) is 0.385. The van der Waals surface area contributed by atoms with Gasteiger partial charge in [-0.2, -0.15) is 0 Å². The second-order valence-corrected chi connectivity index (χ2v) is 6.12. The Labute approximate surface area is 105 Å². The van der Waals surface area contributed by atoms with Crippen molar-refractivity contribution in [3.8, 4) is 17.6 Å². The molecule has 0 radical (unpaired) electrons. The highest BCUT2D eigenvalue weighted by Gasteiger charge is 2.11. The van der Waals surface area contributed by atoms with Gasteiger partial charge in [0.25, 0.3) is 0 Å². The zero-order valence-electron chi connectivity index (χ0n) is 9.23. The van der Waals surface area contributed by atoms with Crippen LogP contribution in [-0.2, 0) is 0 Å². The van der Waals surface area contributed by atoms with Crippen molar-refractivity contribution < 1.29 is 4.74 Å². The fourth-order valence-corrected chi connectivity index (χ4v) is 3.94. The van der Waals surface area contributed by atoms with E-state index in [2.05, 4.69) is 11.8 Å². The van der Waals surface area contributed by atoms with E-state index in [4.69, 9.17) is 4.74 Å². The Kier molecular flexibility index (Phi) is 4.50. The van der Waals surface area contributed by atoms with Crippen molar-refractivity contribution in [1.82, 2.24) is 0 Å². The van der Waals surface area contributed by atoms with Crippen LogP contribution < -0.4 is 4.74 Å². The molecule has 1 fully saturated rings. The van der Waals surface area contributed by atoms with Gasteiger partial charge >= 0.3 is 0 Å². The zero-order valence-corrected chi connectivity index (χ0v) is 10.9. The molecular weight excluding hydrogens is 236 g/mol. The average molecular weight is 250 g/mol. The van der Waals surface area contributed by atoms with Crippen molar-refractivity contribution in [3.05, 3.63) is 29.8 Å². The number of thioether (sulfide) groups is 2. The predicted molar refractivity (Wildman–Crippen MR) is 73.2 cm³/mol. The van der Waals surface area contributed by atoms with E-state index in [-0.39, 0.29) is 0 Å². The van der Waals surface area contributed by atoms with Gasteiger partial charge in [-0.15, -0.1) is 23.5 Å². The minimum atomic E-state index is 0.429. The van der Waals surface area contributed by atoms with Gasteiger partial charge in [-0.3, -0.25) is 0 Å². The standard InChI is InChI=1S/C13H14OS2/c1-14-12-6-3-2-5-11(12)7-8-13-15-9-4-10-16-13/h2-3,5-6,13H,4,9-10H2,1H3. The maximum absolute atomic E-state index is 5.27. The molecule has 0 aliphatic carbocycles. The first kappa shape index (κ1) is 11.8. The molecule has 1 saturated heterocycles. The van der Waals surface area contributed by atoms with E-state index < -0.39 is 0 Å². The molecule has 1 aliphatic heterocycles. The van der Waals surface area contributed by atoms with E-state index in [1.807, 2.05) is 47.8 Å². The summed E-state index contributed by atoms with van der Waals surface area (Å²) in [6.07, 6.45) is 1.31. The Hall–Kier alpha value is -0.720. The van der Waals surface area contributed by atoms with Crippen molar-refractivity contribution in [2.24, 2.45) is 0 Å². The molecule has 1 aliphatic rings. The van der Waals surface area contributed by atoms with Crippen molar-refractivity contribution in [2.45, 2.75) is 11.0 Å². The summed E-state index contributed by atoms with van der Waals surface area (Å²) in [5, 5.41) is 0. The summed E-state index contributed by atoms with van der Waals surface area (Å²) >= 11 is 3.89. The minimum absolute atomic E-state index is 0.429. The summed E-state index contributed by atoms with van der Waals surface area (Å²) in [5.41, 5.74) is 0.983. The fourth-order valence-electron chi connectivity index (χ4n) is 1.46. The summed E-state index contributed by atoms with van der Waals surface area (Å²) in [7, 11) is 1.69. The van der Waals surface area contributed by atoms with Crippen LogP contribution in [0, 0.1) is 11.8 Å². The van der Waals surface area contributed by atoms with Gasteiger partial charge in [-0.05, 0) is 30.1 Å². The quantitative estimate of drug-likeness (QED) is 0.708. The van der Waals surface area contributed by atoms with Gasteiger partial charge in [0.2, 0.25) is 0 Å². The number of methoxy groups -OCH3 is 1. The van der Waals surface area contributed by atoms with Crippen LogP contribution in [0.4, 0.5) is 0 Å². The second-order valence-electron chi connectivity index (χ2n) is 3.40. The molecule has 0 N–H and O–H groups in total. The van der Waals surface area contributed by atoms with Gasteiger partial charge in [-0.1, -0.05) is 24.0 Å². The number of ether oxygens (including phenoxy) is 1. The summed E-state index contributed by atoms with van der Waals surface area (Å²) in [6.45, 7) is 0. The number of hydrogen-bond acceptors (Lipinski definition) is 3. The zero-order chi connectivity index (χ0) is 11.2. The topological polar surface area (TPSA) is 9.23 Å². The number of rotatable bonds is 1. The summed E-state index contributed by atoms with van der Waals surface area (Å²) in [6, 6.07) is 7.91. The molecular formula is C13H14OS2. The lowest BCUT2D eigenvalue weighted by atomic mass is 10.2. The SMILES string of the molecule is COc1ccccc1C#CC1SCCCS1. The molecule has 0 aromatic heterocycles. The van der Waals surface area contributed by atoms with E-state index in [1.54, 1.807) is 7.11 Å². The maximum Gasteiger partial charge on any atom is 0.134 e. The highest BCUT2D eigenvalue weighted by atomic mass is 32.2. The molecule has 0 unspecified atom stereocenters. The largest absolute Gasteiger partial charge is 0.495 e. The van der Waals surface area contributed by atoms with Crippen LogP contribution in [0.2, 0.25) is 0 Å². The number of benzene rings is 1. The molecule has 3 heteroatoms. The van der Waals surface area contributed by atoms with Crippen LogP contribution in [0.1, 0.15) is 12.0 Å². The average Bonchev–Trinajstić information content (AvgIpc) is 2.38. The molecule has 0 spiro atoms. The lowest BCUT2D eigenvalue weighted by molar-refractivity contribution is 0.413. The third kappa shape index (κ3) is 3.13. The molecule has 1 heterocycles. The van der Waals surface area contributed by atoms with Gasteiger partial charge in [0.05, 0.1) is 12.7 Å². The molecule has 0 atom stereocenters. The van der Waals surface area contributed by atoms with Crippen LogP contribution in [-0.4, -0.2) is 23.2 Å². The first-order chi connectivity index (χ1) is 7.90. The van der Waals surface area contributed by atoms with Crippen molar-refractivity contribution in [1.29, 1.82) is 0 Å². The first-order valence-corrected chi connectivity index (χ1v) is 7.37. The van der Waals surface area contributed by atoms with E-state index in [0.717, 1.165) is 11.3 Å². The Morgan fingerprint density at radius 3 is 2.75 bits per heavy atom. The molecule has 16 heavy (non-hydrogen) atoms. The lowest BCUT2D eigenvalue weighted by Crippen LogP contribution is -2.03. The van der Waals surface area contributed by atoms with Gasteiger partial charge in [-0.25, -0.2) is 0 Å². The summed E-state index contributed by atoms with van der Waals surface area (Å²) in [5.74, 6) is 9.86. The molecule has 2 rings (SSSR count). The summed E-state index contributed by atoms with van der Waals surface area (Å²) in [4.78, 5) is 0. The van der Waals surface area contributed by atoms with Gasteiger partial charge < -0.3 is 4.74 Å². The molecule has 0 saturated carbocycles. The normalized spacial score (nSPS) is 16.3. The van der Waals surface area contributed by atoms with E-state index >= 15 is 0 Å². The number of para-hydroxylation sites is 1. The highest BCUT2D eigenvalue weighted by molar-refractivity contribution is 8.17. The summed E-state index contributed by atoms with van der Waals surface area (Å²) < 4.78 is 5.70. The molecule has 1 aromatic rings. The highest BCUT2D eigenvalue weighted by Crippen LogP contribution is 2.30. The molecule has 1 aromatic carbocycles. The maximum atomic E-state index is 5.27. The van der Waals surface area contributed by atoms with E-state index in [9.17, 15) is 0 Å². The molecule has 1 nitrogen and oxygen atoms in total. The van der Waals surface area contributed by atoms with Crippen molar-refractivity contribution in [3.63, 3.8) is 0 Å². The molecule has 0 bridgehead atoms. The predicted octanol–water partition coefficient (Wildman–Crippen LogP) is 3.24. The minimum Gasteiger partial charge on any atom is -0.495 e. The molecule has 0 amide bonds. The third-order valence-electron chi connectivity index (χ3n) is 2.26. The molecule has 84 valence electrons. The van der Waals surface area contributed by atoms with Crippen LogP contribution in [0.15, 0.2) is 24.3 Å².